The highest BCUT2D eigenvalue weighted by Crippen LogP contribution is 1.90. The van der Waals surface area contributed by atoms with Crippen molar-refractivity contribution >= 4 is 11.6 Å². The maximum atomic E-state index is 10.1. The molecule has 0 saturated carbocycles. The average molecular weight is 259 g/mol. The van der Waals surface area contributed by atoms with Gasteiger partial charge in [0, 0.05) is 11.8 Å². The molecule has 3 nitrogen and oxygen atoms in total. The molecule has 0 N–H and O–H groups in total. The lowest BCUT2D eigenvalue weighted by Crippen LogP contribution is -1.98. The molecule has 0 saturated heterocycles. The first kappa shape index (κ1) is 22.1. The van der Waals surface area contributed by atoms with E-state index >= 15 is 0 Å². The fraction of sp³-hybridized carbons (Fsp3) is 0.733. The molecule has 0 unspecified atom stereocenters. The number of ketones is 2. The lowest BCUT2D eigenvalue weighted by molar-refractivity contribution is -0.303. The minimum atomic E-state index is 0. The second kappa shape index (κ2) is 12.3. The van der Waals surface area contributed by atoms with Crippen molar-refractivity contribution in [3.05, 3.63) is 11.3 Å². The number of hydrogen-bond donors (Lipinski definition) is 0. The van der Waals surface area contributed by atoms with Crippen LogP contribution in [0.2, 0.25) is 0 Å². The van der Waals surface area contributed by atoms with Gasteiger partial charge in [0.25, 0.3) is 0 Å². The van der Waals surface area contributed by atoms with Gasteiger partial charge in [-0.05, 0) is 27.7 Å². The third-order valence-corrected chi connectivity index (χ3v) is 2.33. The third-order valence-electron chi connectivity index (χ3n) is 2.33. The molecule has 0 radical (unpaired) electrons. The van der Waals surface area contributed by atoms with Gasteiger partial charge in [-0.2, -0.15) is 0 Å². The fourth-order valence-corrected chi connectivity index (χ4v) is 0. The fourth-order valence-electron chi connectivity index (χ4n) is 0. The summed E-state index contributed by atoms with van der Waals surface area (Å²) in [7, 11) is 0. The molecule has 0 aromatic heterocycles. The van der Waals surface area contributed by atoms with E-state index in [0.29, 0.717) is 0 Å². The minimum Gasteiger partial charge on any atom is -0.876 e. The number of Topliss-reactive ketones (excluding diaryl/α,β-unsaturated/α-hetero) is 2. The van der Waals surface area contributed by atoms with E-state index in [-0.39, 0.29) is 32.0 Å². The summed E-state index contributed by atoms with van der Waals surface area (Å²) in [6.07, 6.45) is 0. The standard InChI is InChI=1S/3C5H10O/c3*1-4(2)5(3)6/h6H,1-3H3;2*4H,1-3H3/p+1. The van der Waals surface area contributed by atoms with Gasteiger partial charge >= 0.3 is 2.85 Å². The highest BCUT2D eigenvalue weighted by Gasteiger charge is 1.95. The van der Waals surface area contributed by atoms with Crippen LogP contribution in [0.5, 0.6) is 0 Å². The lowest BCUT2D eigenvalue weighted by Gasteiger charge is -2.03. The van der Waals surface area contributed by atoms with Crippen LogP contribution in [-0.2, 0) is 9.59 Å². The molecule has 0 bridgehead atoms. The van der Waals surface area contributed by atoms with Crippen molar-refractivity contribution in [2.75, 3.05) is 0 Å². The predicted octanol–water partition coefficient (Wildman–Crippen LogP) is 3.35. The summed E-state index contributed by atoms with van der Waals surface area (Å²) in [4.78, 5) is 20.3. The summed E-state index contributed by atoms with van der Waals surface area (Å²) in [5, 5.41) is 10.1. The van der Waals surface area contributed by atoms with Crippen LogP contribution in [0.15, 0.2) is 11.3 Å². The highest BCUT2D eigenvalue weighted by molar-refractivity contribution is 5.77. The van der Waals surface area contributed by atoms with Crippen LogP contribution >= 0.6 is 0 Å². The summed E-state index contributed by atoms with van der Waals surface area (Å²) in [5.41, 5.74) is 0.870. The van der Waals surface area contributed by atoms with Crippen molar-refractivity contribution in [1.82, 2.24) is 0 Å². The van der Waals surface area contributed by atoms with E-state index in [1.165, 1.54) is 0 Å². The Morgan fingerprint density at radius 2 is 0.889 bits per heavy atom. The summed E-state index contributed by atoms with van der Waals surface area (Å²) >= 11 is 0. The van der Waals surface area contributed by atoms with Crippen molar-refractivity contribution in [2.45, 2.75) is 62.3 Å². The van der Waals surface area contributed by atoms with Crippen LogP contribution in [0.25, 0.3) is 0 Å². The van der Waals surface area contributed by atoms with Gasteiger partial charge in [-0.1, -0.05) is 40.2 Å². The summed E-state index contributed by atoms with van der Waals surface area (Å²) in [6.45, 7) is 15.9. The zero-order valence-corrected chi connectivity index (χ0v) is 13.4. The molecular weight excluding hydrogens is 228 g/mol. The largest absolute Gasteiger partial charge is 1.00 e. The Balaban J connectivity index is -0.0000000536. The molecule has 0 aliphatic heterocycles. The van der Waals surface area contributed by atoms with Gasteiger partial charge in [-0.25, -0.2) is 0 Å². The van der Waals surface area contributed by atoms with Crippen LogP contribution in [-0.4, -0.2) is 11.6 Å². The normalized spacial score (nSPS) is 8.83. The van der Waals surface area contributed by atoms with Gasteiger partial charge in [0.15, 0.2) is 0 Å². The maximum Gasteiger partial charge on any atom is 1.00 e. The molecule has 0 amide bonds. The molecular formula is C15H31O3+. The maximum absolute atomic E-state index is 10.1. The number of carbonyl (C=O) groups excluding carboxylic acids is 2. The first-order valence-electron chi connectivity index (χ1n) is 6.25. The van der Waals surface area contributed by atoms with E-state index in [0.717, 1.165) is 5.57 Å². The molecule has 0 aromatic rings. The molecule has 0 aromatic carbocycles. The Morgan fingerprint density at radius 1 is 0.778 bits per heavy atom. The van der Waals surface area contributed by atoms with E-state index in [1.54, 1.807) is 20.8 Å². The van der Waals surface area contributed by atoms with E-state index in [1.807, 2.05) is 41.5 Å². The van der Waals surface area contributed by atoms with E-state index in [4.69, 9.17) is 0 Å². The van der Waals surface area contributed by atoms with Gasteiger partial charge in [-0.15, -0.1) is 5.76 Å². The van der Waals surface area contributed by atoms with Crippen molar-refractivity contribution < 1.29 is 17.5 Å². The molecule has 108 valence electrons. The summed E-state index contributed by atoms with van der Waals surface area (Å²) in [5.74, 6) is 1.12. The van der Waals surface area contributed by atoms with Crippen molar-refractivity contribution in [3.63, 3.8) is 0 Å². The van der Waals surface area contributed by atoms with E-state index < -0.39 is 0 Å². The van der Waals surface area contributed by atoms with Crippen molar-refractivity contribution in [3.8, 4) is 0 Å². The quantitative estimate of drug-likeness (QED) is 0.715. The Morgan fingerprint density at radius 3 is 0.889 bits per heavy atom. The van der Waals surface area contributed by atoms with Crippen LogP contribution < -0.4 is 5.11 Å². The number of hydrogen-bond acceptors (Lipinski definition) is 3. The number of carbonyl (C=O) groups is 2. The number of rotatable bonds is 2. The monoisotopic (exact) mass is 259 g/mol. The van der Waals surface area contributed by atoms with E-state index in [9.17, 15) is 14.7 Å². The Bertz CT molecular complexity index is 247. The smallest absolute Gasteiger partial charge is 0.876 e. The molecule has 3 heteroatoms. The molecule has 0 atom stereocenters. The molecule has 0 spiro atoms. The van der Waals surface area contributed by atoms with Crippen LogP contribution in [0, 0.1) is 11.8 Å². The Kier molecular flexibility index (Phi) is 15.1. The second-order valence-corrected chi connectivity index (χ2v) is 5.09. The average Bonchev–Trinajstić information content (AvgIpc) is 2.18. The molecule has 0 rings (SSSR count). The lowest BCUT2D eigenvalue weighted by atomic mass is 10.1. The van der Waals surface area contributed by atoms with Crippen LogP contribution in [0.4, 0.5) is 0 Å². The van der Waals surface area contributed by atoms with Gasteiger partial charge in [0.05, 0.1) is 0 Å². The van der Waals surface area contributed by atoms with Crippen LogP contribution in [0.3, 0.4) is 0 Å². The molecule has 0 heterocycles. The highest BCUT2D eigenvalue weighted by atomic mass is 16.3. The minimum absolute atomic E-state index is 0. The van der Waals surface area contributed by atoms with Gasteiger partial charge in [0.2, 0.25) is 0 Å². The van der Waals surface area contributed by atoms with Crippen molar-refractivity contribution in [2.24, 2.45) is 11.8 Å². The van der Waals surface area contributed by atoms with Crippen molar-refractivity contribution in [1.29, 1.82) is 0 Å². The molecule has 0 aliphatic carbocycles. The predicted molar refractivity (Wildman–Crippen MR) is 77.3 cm³/mol. The SMILES string of the molecule is CC(=O)C(C)C.CC(=O)C(C)C.CC(C)=C(C)[O-].[H+].[H+]. The first-order chi connectivity index (χ1) is 7.93. The Hall–Kier alpha value is -1.12. The van der Waals surface area contributed by atoms with Gasteiger partial charge in [0.1, 0.15) is 11.6 Å². The van der Waals surface area contributed by atoms with Gasteiger partial charge < -0.3 is 5.11 Å². The topological polar surface area (TPSA) is 57.2 Å². The first-order valence-corrected chi connectivity index (χ1v) is 6.25. The summed E-state index contributed by atoms with van der Waals surface area (Å²) in [6, 6.07) is 0. The molecule has 18 heavy (non-hydrogen) atoms. The zero-order chi connectivity index (χ0) is 15.5. The molecule has 0 fully saturated rings. The number of allylic oxidation sites excluding steroid dienone is 2. The van der Waals surface area contributed by atoms with Gasteiger partial charge in [-0.3, -0.25) is 9.59 Å². The zero-order valence-electron chi connectivity index (χ0n) is 15.4. The van der Waals surface area contributed by atoms with E-state index in [2.05, 4.69) is 0 Å². The third kappa shape index (κ3) is 24.2. The van der Waals surface area contributed by atoms with Crippen LogP contribution in [0.1, 0.15) is 65.2 Å². The Labute approximate surface area is 115 Å². The summed E-state index contributed by atoms with van der Waals surface area (Å²) < 4.78 is 0. The molecule has 0 aliphatic rings. The second-order valence-electron chi connectivity index (χ2n) is 5.09.